The van der Waals surface area contributed by atoms with Gasteiger partial charge in [-0.1, -0.05) is 39.0 Å². The van der Waals surface area contributed by atoms with Crippen molar-refractivity contribution in [1.82, 2.24) is 5.32 Å². The zero-order chi connectivity index (χ0) is 12.1. The van der Waals surface area contributed by atoms with Crippen molar-refractivity contribution in [3.05, 3.63) is 35.1 Å². The summed E-state index contributed by atoms with van der Waals surface area (Å²) in [5, 5.41) is 3.36. The van der Waals surface area contributed by atoms with Crippen LogP contribution in [0.4, 0.5) is 4.39 Å². The van der Waals surface area contributed by atoms with Gasteiger partial charge in [-0.15, -0.1) is 0 Å². The molecule has 1 aromatic carbocycles. The largest absolute Gasteiger partial charge is 0.310 e. The van der Waals surface area contributed by atoms with Crippen LogP contribution in [0, 0.1) is 18.7 Å². The molecule has 0 aliphatic carbocycles. The van der Waals surface area contributed by atoms with E-state index in [4.69, 9.17) is 0 Å². The highest BCUT2D eigenvalue weighted by Crippen LogP contribution is 2.25. The molecule has 16 heavy (non-hydrogen) atoms. The van der Waals surface area contributed by atoms with Crippen molar-refractivity contribution in [3.8, 4) is 0 Å². The molecule has 1 rings (SSSR count). The average molecular weight is 223 g/mol. The van der Waals surface area contributed by atoms with E-state index in [9.17, 15) is 4.39 Å². The first-order chi connectivity index (χ1) is 7.56. The first-order valence-electron chi connectivity index (χ1n) is 6.04. The number of hydrogen-bond acceptors (Lipinski definition) is 1. The van der Waals surface area contributed by atoms with E-state index in [0.717, 1.165) is 24.1 Å². The van der Waals surface area contributed by atoms with Crippen molar-refractivity contribution < 1.29 is 4.39 Å². The van der Waals surface area contributed by atoms with Gasteiger partial charge in [0.25, 0.3) is 0 Å². The fourth-order valence-electron chi connectivity index (χ4n) is 1.98. The number of halogens is 1. The van der Waals surface area contributed by atoms with Crippen LogP contribution in [-0.4, -0.2) is 6.54 Å². The van der Waals surface area contributed by atoms with E-state index in [0.29, 0.717) is 5.92 Å². The molecule has 1 atom stereocenters. The molecule has 1 aromatic rings. The van der Waals surface area contributed by atoms with Crippen LogP contribution in [-0.2, 0) is 0 Å². The molecular formula is C14H22FN. The summed E-state index contributed by atoms with van der Waals surface area (Å²) in [5.41, 5.74) is 1.53. The van der Waals surface area contributed by atoms with E-state index in [-0.39, 0.29) is 11.9 Å². The summed E-state index contributed by atoms with van der Waals surface area (Å²) in [6.45, 7) is 9.07. The number of rotatable bonds is 5. The van der Waals surface area contributed by atoms with Gasteiger partial charge in [-0.25, -0.2) is 4.39 Å². The molecule has 0 saturated heterocycles. The van der Waals surface area contributed by atoms with E-state index in [1.54, 1.807) is 0 Å². The molecule has 0 bridgehead atoms. The molecule has 0 saturated carbocycles. The maximum absolute atomic E-state index is 14.0. The van der Waals surface area contributed by atoms with Crippen LogP contribution in [0.1, 0.15) is 44.4 Å². The lowest BCUT2D eigenvalue weighted by Crippen LogP contribution is -2.23. The van der Waals surface area contributed by atoms with Gasteiger partial charge in [0.2, 0.25) is 0 Å². The Morgan fingerprint density at radius 1 is 1.31 bits per heavy atom. The molecule has 0 fully saturated rings. The Hall–Kier alpha value is -0.890. The van der Waals surface area contributed by atoms with Crippen LogP contribution < -0.4 is 5.32 Å². The lowest BCUT2D eigenvalue weighted by Gasteiger charge is -2.21. The van der Waals surface area contributed by atoms with Gasteiger partial charge in [0.05, 0.1) is 0 Å². The van der Waals surface area contributed by atoms with Gasteiger partial charge in [-0.2, -0.15) is 0 Å². The molecule has 1 unspecified atom stereocenters. The normalized spacial score (nSPS) is 13.1. The molecule has 0 heterocycles. The Balaban J connectivity index is 2.96. The minimum Gasteiger partial charge on any atom is -0.310 e. The van der Waals surface area contributed by atoms with Gasteiger partial charge in [0, 0.05) is 11.6 Å². The summed E-state index contributed by atoms with van der Waals surface area (Å²) in [5.74, 6) is 0.498. The summed E-state index contributed by atoms with van der Waals surface area (Å²) >= 11 is 0. The zero-order valence-corrected chi connectivity index (χ0v) is 10.7. The molecule has 0 aliphatic heterocycles. The maximum Gasteiger partial charge on any atom is 0.130 e. The Labute approximate surface area is 98.1 Å². The second-order valence-electron chi connectivity index (χ2n) is 4.72. The van der Waals surface area contributed by atoms with Crippen LogP contribution in [0.25, 0.3) is 0 Å². The number of hydrogen-bond donors (Lipinski definition) is 1. The predicted octanol–water partition coefficient (Wildman–Crippen LogP) is 3.83. The second-order valence-corrected chi connectivity index (χ2v) is 4.72. The van der Waals surface area contributed by atoms with Gasteiger partial charge in [0.1, 0.15) is 5.82 Å². The van der Waals surface area contributed by atoms with Gasteiger partial charge in [-0.3, -0.25) is 0 Å². The molecule has 0 radical (unpaired) electrons. The lowest BCUT2D eigenvalue weighted by molar-refractivity contribution is 0.423. The minimum atomic E-state index is -0.0610. The summed E-state index contributed by atoms with van der Waals surface area (Å²) in [4.78, 5) is 0. The van der Waals surface area contributed by atoms with Crippen LogP contribution in [0.15, 0.2) is 18.2 Å². The van der Waals surface area contributed by atoms with Crippen LogP contribution >= 0.6 is 0 Å². The fraction of sp³-hybridized carbons (Fsp3) is 0.571. The van der Waals surface area contributed by atoms with E-state index < -0.39 is 0 Å². The molecule has 90 valence electrons. The SMILES string of the molecule is CCNC(CC(C)C)c1cccc(C)c1F. The second kappa shape index (κ2) is 6.00. The molecule has 1 N–H and O–H groups in total. The minimum absolute atomic E-state index is 0.0610. The third-order valence-electron chi connectivity index (χ3n) is 2.75. The molecule has 0 spiro atoms. The Morgan fingerprint density at radius 2 is 2.00 bits per heavy atom. The quantitative estimate of drug-likeness (QED) is 0.800. The standard InChI is InChI=1S/C14H22FN/c1-5-16-13(9-10(2)3)12-8-6-7-11(4)14(12)15/h6-8,10,13,16H,5,9H2,1-4H3. The zero-order valence-electron chi connectivity index (χ0n) is 10.7. The van der Waals surface area contributed by atoms with Crippen molar-refractivity contribution in [2.24, 2.45) is 5.92 Å². The molecule has 0 aromatic heterocycles. The third kappa shape index (κ3) is 3.31. The summed E-state index contributed by atoms with van der Waals surface area (Å²) in [7, 11) is 0. The highest BCUT2D eigenvalue weighted by Gasteiger charge is 2.16. The predicted molar refractivity (Wildman–Crippen MR) is 67.0 cm³/mol. The average Bonchev–Trinajstić information content (AvgIpc) is 2.21. The van der Waals surface area contributed by atoms with Crippen molar-refractivity contribution in [2.75, 3.05) is 6.54 Å². The number of nitrogens with one attached hydrogen (secondary N) is 1. The monoisotopic (exact) mass is 223 g/mol. The number of benzene rings is 1. The van der Waals surface area contributed by atoms with Crippen LogP contribution in [0.3, 0.4) is 0 Å². The van der Waals surface area contributed by atoms with E-state index >= 15 is 0 Å². The molecular weight excluding hydrogens is 201 g/mol. The third-order valence-corrected chi connectivity index (χ3v) is 2.75. The Morgan fingerprint density at radius 3 is 2.56 bits per heavy atom. The number of aryl methyl sites for hydroxylation is 1. The van der Waals surface area contributed by atoms with Gasteiger partial charge in [0.15, 0.2) is 0 Å². The van der Waals surface area contributed by atoms with Crippen molar-refractivity contribution >= 4 is 0 Å². The van der Waals surface area contributed by atoms with Crippen molar-refractivity contribution in [2.45, 2.75) is 40.2 Å². The van der Waals surface area contributed by atoms with Crippen molar-refractivity contribution in [3.63, 3.8) is 0 Å². The molecule has 2 heteroatoms. The summed E-state index contributed by atoms with van der Waals surface area (Å²) in [6.07, 6.45) is 0.966. The summed E-state index contributed by atoms with van der Waals surface area (Å²) in [6, 6.07) is 5.76. The van der Waals surface area contributed by atoms with Gasteiger partial charge < -0.3 is 5.32 Å². The Kier molecular flexibility index (Phi) is 4.94. The molecule has 0 amide bonds. The van der Waals surface area contributed by atoms with Crippen LogP contribution in [0.2, 0.25) is 0 Å². The van der Waals surface area contributed by atoms with Crippen LogP contribution in [0.5, 0.6) is 0 Å². The fourth-order valence-corrected chi connectivity index (χ4v) is 1.98. The van der Waals surface area contributed by atoms with Crippen molar-refractivity contribution in [1.29, 1.82) is 0 Å². The van der Waals surface area contributed by atoms with Gasteiger partial charge in [-0.05, 0) is 31.4 Å². The Bertz CT molecular complexity index is 334. The van der Waals surface area contributed by atoms with Gasteiger partial charge >= 0.3 is 0 Å². The maximum atomic E-state index is 14.0. The molecule has 0 aliphatic rings. The van der Waals surface area contributed by atoms with E-state index in [1.165, 1.54) is 0 Å². The van der Waals surface area contributed by atoms with E-state index in [2.05, 4.69) is 26.1 Å². The highest BCUT2D eigenvalue weighted by molar-refractivity contribution is 5.27. The highest BCUT2D eigenvalue weighted by atomic mass is 19.1. The molecule has 1 nitrogen and oxygen atoms in total. The first-order valence-corrected chi connectivity index (χ1v) is 6.04. The topological polar surface area (TPSA) is 12.0 Å². The lowest BCUT2D eigenvalue weighted by atomic mass is 9.95. The smallest absolute Gasteiger partial charge is 0.130 e. The first kappa shape index (κ1) is 13.2. The van der Waals surface area contributed by atoms with E-state index in [1.807, 2.05) is 25.1 Å². The summed E-state index contributed by atoms with van der Waals surface area (Å²) < 4.78 is 14.0.